The molecule has 1 fully saturated rings. The summed E-state index contributed by atoms with van der Waals surface area (Å²) in [7, 11) is 0. The summed E-state index contributed by atoms with van der Waals surface area (Å²) in [4.78, 5) is 12.5. The number of rotatable bonds is 2. The van der Waals surface area contributed by atoms with Crippen molar-refractivity contribution < 1.29 is 9.21 Å². The molecule has 1 aliphatic rings. The van der Waals surface area contributed by atoms with Gasteiger partial charge in [0.25, 0.3) is 5.91 Å². The molecule has 1 aliphatic carbocycles. The molecule has 0 unspecified atom stereocenters. The van der Waals surface area contributed by atoms with Crippen LogP contribution in [0.2, 0.25) is 0 Å². The third-order valence-corrected chi connectivity index (χ3v) is 5.02. The Morgan fingerprint density at radius 1 is 1.19 bits per heavy atom. The van der Waals surface area contributed by atoms with Crippen molar-refractivity contribution in [3.8, 4) is 0 Å². The van der Waals surface area contributed by atoms with E-state index in [1.807, 2.05) is 24.3 Å². The van der Waals surface area contributed by atoms with Gasteiger partial charge in [0.2, 0.25) is 0 Å². The molecule has 4 heteroatoms. The van der Waals surface area contributed by atoms with Gasteiger partial charge in [-0.2, -0.15) is 0 Å². The minimum Gasteiger partial charge on any atom is -0.451 e. The van der Waals surface area contributed by atoms with Crippen molar-refractivity contribution in [2.75, 3.05) is 0 Å². The zero-order valence-corrected chi connectivity index (χ0v) is 12.9. The quantitative estimate of drug-likeness (QED) is 0.892. The van der Waals surface area contributed by atoms with Crippen LogP contribution in [0, 0.1) is 10.8 Å². The van der Waals surface area contributed by atoms with Gasteiger partial charge in [-0.3, -0.25) is 4.79 Å². The van der Waals surface area contributed by atoms with E-state index < -0.39 is 0 Å². The Morgan fingerprint density at radius 3 is 2.43 bits per heavy atom. The molecule has 21 heavy (non-hydrogen) atoms. The molecule has 2 aromatic rings. The average Bonchev–Trinajstić information content (AvgIpc) is 2.87. The summed E-state index contributed by atoms with van der Waals surface area (Å²) in [5.74, 6) is 0.174. The van der Waals surface area contributed by atoms with Crippen LogP contribution in [-0.4, -0.2) is 18.0 Å². The second-order valence-corrected chi connectivity index (χ2v) is 7.18. The van der Waals surface area contributed by atoms with Gasteiger partial charge in [0.1, 0.15) is 5.58 Å². The summed E-state index contributed by atoms with van der Waals surface area (Å²) in [6.45, 7) is 8.36. The molecule has 1 amide bonds. The van der Waals surface area contributed by atoms with Gasteiger partial charge in [-0.25, -0.2) is 0 Å². The molecule has 1 saturated carbocycles. The predicted octanol–water partition coefficient (Wildman–Crippen LogP) is 2.92. The van der Waals surface area contributed by atoms with Crippen molar-refractivity contribution in [2.45, 2.75) is 39.8 Å². The highest BCUT2D eigenvalue weighted by atomic mass is 16.3. The van der Waals surface area contributed by atoms with Gasteiger partial charge in [-0.1, -0.05) is 45.9 Å². The van der Waals surface area contributed by atoms with Crippen molar-refractivity contribution >= 4 is 16.9 Å². The standard InChI is InChI=1S/C17H22N2O2/c1-16(2)14(18)17(3,4)15(16)19-13(20)12-9-10-7-5-6-8-11(10)21-12/h5-9,14-15H,18H2,1-4H3,(H,19,20). The number of hydrogen-bond donors (Lipinski definition) is 2. The van der Waals surface area contributed by atoms with Gasteiger partial charge in [0, 0.05) is 28.3 Å². The molecule has 112 valence electrons. The van der Waals surface area contributed by atoms with E-state index in [1.165, 1.54) is 0 Å². The Kier molecular flexibility index (Phi) is 2.92. The van der Waals surface area contributed by atoms with Crippen LogP contribution in [0.4, 0.5) is 0 Å². The van der Waals surface area contributed by atoms with Gasteiger partial charge in [-0.15, -0.1) is 0 Å². The number of furan rings is 1. The second kappa shape index (κ2) is 4.34. The highest BCUT2D eigenvalue weighted by Crippen LogP contribution is 2.52. The zero-order chi connectivity index (χ0) is 15.4. The van der Waals surface area contributed by atoms with E-state index in [4.69, 9.17) is 10.2 Å². The first-order chi connectivity index (χ1) is 9.74. The van der Waals surface area contributed by atoms with Gasteiger partial charge < -0.3 is 15.5 Å². The molecule has 1 aromatic carbocycles. The molecule has 0 saturated heterocycles. The Labute approximate surface area is 124 Å². The largest absolute Gasteiger partial charge is 0.451 e. The van der Waals surface area contributed by atoms with Crippen molar-refractivity contribution in [2.24, 2.45) is 16.6 Å². The molecule has 1 heterocycles. The van der Waals surface area contributed by atoms with E-state index in [0.717, 1.165) is 11.0 Å². The third kappa shape index (κ3) is 1.97. The van der Waals surface area contributed by atoms with Crippen LogP contribution in [0.25, 0.3) is 11.0 Å². The molecule has 3 N–H and O–H groups in total. The molecular formula is C17H22N2O2. The van der Waals surface area contributed by atoms with E-state index in [1.54, 1.807) is 6.07 Å². The fraction of sp³-hybridized carbons (Fsp3) is 0.471. The van der Waals surface area contributed by atoms with E-state index in [2.05, 4.69) is 33.0 Å². The van der Waals surface area contributed by atoms with E-state index in [0.29, 0.717) is 5.76 Å². The molecule has 1 aromatic heterocycles. The van der Waals surface area contributed by atoms with Crippen LogP contribution < -0.4 is 11.1 Å². The average molecular weight is 286 g/mol. The number of hydrogen-bond acceptors (Lipinski definition) is 3. The fourth-order valence-electron chi connectivity index (χ4n) is 3.85. The van der Waals surface area contributed by atoms with Gasteiger partial charge in [-0.05, 0) is 12.1 Å². The predicted molar refractivity (Wildman–Crippen MR) is 83.0 cm³/mol. The van der Waals surface area contributed by atoms with E-state index in [-0.39, 0.29) is 28.8 Å². The highest BCUT2D eigenvalue weighted by molar-refractivity contribution is 5.96. The summed E-state index contributed by atoms with van der Waals surface area (Å²) in [5, 5.41) is 4.03. The van der Waals surface area contributed by atoms with Crippen LogP contribution in [0.15, 0.2) is 34.7 Å². The summed E-state index contributed by atoms with van der Waals surface area (Å²) in [6.07, 6.45) is 0. The number of nitrogens with one attached hydrogen (secondary N) is 1. The van der Waals surface area contributed by atoms with Crippen LogP contribution in [0.1, 0.15) is 38.2 Å². The molecule has 0 aliphatic heterocycles. The summed E-state index contributed by atoms with van der Waals surface area (Å²) < 4.78 is 5.62. The minimum atomic E-state index is -0.177. The maximum absolute atomic E-state index is 12.5. The first kappa shape index (κ1) is 14.1. The monoisotopic (exact) mass is 286 g/mol. The normalized spacial score (nSPS) is 26.3. The number of para-hydroxylation sites is 1. The lowest BCUT2D eigenvalue weighted by Gasteiger charge is -2.62. The number of carbonyl (C=O) groups is 1. The lowest BCUT2D eigenvalue weighted by Crippen LogP contribution is -2.76. The number of benzene rings is 1. The van der Waals surface area contributed by atoms with Crippen molar-refractivity contribution in [3.05, 3.63) is 36.1 Å². The van der Waals surface area contributed by atoms with Crippen molar-refractivity contribution in [3.63, 3.8) is 0 Å². The van der Waals surface area contributed by atoms with Crippen LogP contribution in [0.5, 0.6) is 0 Å². The molecule has 0 spiro atoms. The Bertz CT molecular complexity index is 651. The topological polar surface area (TPSA) is 68.3 Å². The van der Waals surface area contributed by atoms with Crippen LogP contribution in [-0.2, 0) is 0 Å². The number of fused-ring (bicyclic) bond motifs is 1. The van der Waals surface area contributed by atoms with Gasteiger partial charge >= 0.3 is 0 Å². The second-order valence-electron chi connectivity index (χ2n) is 7.18. The smallest absolute Gasteiger partial charge is 0.287 e. The lowest BCUT2D eigenvalue weighted by molar-refractivity contribution is -0.0666. The highest BCUT2D eigenvalue weighted by Gasteiger charge is 2.60. The lowest BCUT2D eigenvalue weighted by atomic mass is 9.48. The van der Waals surface area contributed by atoms with Crippen molar-refractivity contribution in [1.29, 1.82) is 0 Å². The summed E-state index contributed by atoms with van der Waals surface area (Å²) >= 11 is 0. The molecule has 4 nitrogen and oxygen atoms in total. The third-order valence-electron chi connectivity index (χ3n) is 5.02. The maximum Gasteiger partial charge on any atom is 0.287 e. The number of amides is 1. The van der Waals surface area contributed by atoms with Crippen molar-refractivity contribution in [1.82, 2.24) is 5.32 Å². The van der Waals surface area contributed by atoms with E-state index >= 15 is 0 Å². The number of nitrogens with two attached hydrogens (primary N) is 1. The molecule has 3 rings (SSSR count). The first-order valence-corrected chi connectivity index (χ1v) is 7.29. The summed E-state index contributed by atoms with van der Waals surface area (Å²) in [5.41, 5.74) is 6.71. The molecular weight excluding hydrogens is 264 g/mol. The Balaban J connectivity index is 1.83. The SMILES string of the molecule is CC1(C)C(N)C(C)(C)C1NC(=O)c1cc2ccccc2o1. The van der Waals surface area contributed by atoms with Crippen LogP contribution >= 0.6 is 0 Å². The van der Waals surface area contributed by atoms with E-state index in [9.17, 15) is 4.79 Å². The van der Waals surface area contributed by atoms with Crippen LogP contribution in [0.3, 0.4) is 0 Å². The molecule has 0 atom stereocenters. The van der Waals surface area contributed by atoms with Gasteiger partial charge in [0.05, 0.1) is 0 Å². The zero-order valence-electron chi connectivity index (χ0n) is 12.9. The maximum atomic E-state index is 12.5. The fourth-order valence-corrected chi connectivity index (χ4v) is 3.85. The summed E-state index contributed by atoms with van der Waals surface area (Å²) in [6, 6.07) is 9.49. The van der Waals surface area contributed by atoms with Gasteiger partial charge in [0.15, 0.2) is 5.76 Å². The molecule has 0 bridgehead atoms. The Hall–Kier alpha value is -1.81. The number of carbonyl (C=O) groups excluding carboxylic acids is 1. The Morgan fingerprint density at radius 2 is 1.81 bits per heavy atom. The first-order valence-electron chi connectivity index (χ1n) is 7.29. The molecule has 0 radical (unpaired) electrons. The minimum absolute atomic E-state index is 0.0284.